The van der Waals surface area contributed by atoms with Crippen LogP contribution in [0, 0.1) is 0 Å². The summed E-state index contributed by atoms with van der Waals surface area (Å²) in [7, 11) is 7.32. The first-order valence-corrected chi connectivity index (χ1v) is 12.8. The number of imide groups is 1. The van der Waals surface area contributed by atoms with Crippen molar-refractivity contribution in [2.24, 2.45) is 0 Å². The van der Waals surface area contributed by atoms with Gasteiger partial charge in [0.2, 0.25) is 17.7 Å². The number of morpholine rings is 1. The molecule has 0 spiro atoms. The van der Waals surface area contributed by atoms with Gasteiger partial charge < -0.3 is 19.3 Å². The van der Waals surface area contributed by atoms with Gasteiger partial charge in [0.1, 0.15) is 56.4 Å². The first-order valence-electron chi connectivity index (χ1n) is 12.8. The molecule has 0 radical (unpaired) electrons. The molecule has 9 nitrogen and oxygen atoms in total. The lowest BCUT2D eigenvalue weighted by molar-refractivity contribution is -0.143. The van der Waals surface area contributed by atoms with Gasteiger partial charge in [-0.2, -0.15) is 0 Å². The Morgan fingerprint density at radius 3 is 2.42 bits per heavy atom. The van der Waals surface area contributed by atoms with Crippen molar-refractivity contribution in [1.82, 2.24) is 15.1 Å². The molecule has 0 bridgehead atoms. The van der Waals surface area contributed by atoms with Crippen LogP contribution >= 0.6 is 0 Å². The van der Waals surface area contributed by atoms with Crippen LogP contribution in [0.1, 0.15) is 27.0 Å². The standard InChI is InChI=1S/C25H29B4N3O6/c26-24(27)20(21(34)30-23(36)25(24,28)29)32-11-17-16(22(32)35)2-1-3-18(17)38-12-15-6-4-14(5-7-15)10-31-8-9-37-13-19(31)33/h1-7,20H,8-13,26-29H2,(H,30,34,36). The van der Waals surface area contributed by atoms with Gasteiger partial charge in [-0.25, -0.2) is 0 Å². The Morgan fingerprint density at radius 1 is 1.00 bits per heavy atom. The maximum absolute atomic E-state index is 13.4. The number of nitrogens with one attached hydrogen (secondary N) is 1. The Hall–Kier alpha value is -3.46. The summed E-state index contributed by atoms with van der Waals surface area (Å²) in [6, 6.07) is 12.4. The number of hydrogen-bond acceptors (Lipinski definition) is 6. The van der Waals surface area contributed by atoms with E-state index in [1.54, 1.807) is 37.6 Å². The zero-order chi connectivity index (χ0) is 27.2. The molecule has 5 rings (SSSR count). The second kappa shape index (κ2) is 9.69. The molecule has 38 heavy (non-hydrogen) atoms. The van der Waals surface area contributed by atoms with Gasteiger partial charge >= 0.3 is 0 Å². The summed E-state index contributed by atoms with van der Waals surface area (Å²) >= 11 is 0. The number of carbonyl (C=O) groups is 4. The van der Waals surface area contributed by atoms with Crippen molar-refractivity contribution in [1.29, 1.82) is 0 Å². The maximum atomic E-state index is 13.4. The van der Waals surface area contributed by atoms with E-state index in [1.165, 1.54) is 0 Å². The Labute approximate surface area is 225 Å². The molecule has 4 amide bonds. The SMILES string of the molecule is BC1(B)C(=O)NC(=O)C(N2Cc3c(OCc4ccc(CN5CCOCC5=O)cc4)cccc3C2=O)C1(B)B. The van der Waals surface area contributed by atoms with Crippen molar-refractivity contribution >= 4 is 55.0 Å². The average Bonchev–Trinajstić information content (AvgIpc) is 3.20. The largest absolute Gasteiger partial charge is 0.489 e. The van der Waals surface area contributed by atoms with Crippen molar-refractivity contribution < 1.29 is 28.7 Å². The summed E-state index contributed by atoms with van der Waals surface area (Å²) in [4.78, 5) is 54.3. The van der Waals surface area contributed by atoms with Gasteiger partial charge in [-0.15, -0.1) is 0 Å². The predicted octanol–water partition coefficient (Wildman–Crippen LogP) is -2.63. The van der Waals surface area contributed by atoms with Crippen LogP contribution in [0.4, 0.5) is 0 Å². The van der Waals surface area contributed by atoms with Gasteiger partial charge in [-0.3, -0.25) is 24.5 Å². The molecule has 3 aliphatic heterocycles. The van der Waals surface area contributed by atoms with Gasteiger partial charge in [0.05, 0.1) is 13.2 Å². The molecule has 0 aliphatic carbocycles. The molecule has 1 unspecified atom stereocenters. The van der Waals surface area contributed by atoms with Gasteiger partial charge in [0, 0.05) is 24.2 Å². The highest BCUT2D eigenvalue weighted by Crippen LogP contribution is 2.50. The summed E-state index contributed by atoms with van der Waals surface area (Å²) in [5.41, 5.74) is 3.22. The molecule has 0 aromatic heterocycles. The van der Waals surface area contributed by atoms with Crippen LogP contribution in [-0.2, 0) is 38.8 Å². The molecule has 2 aromatic rings. The molecule has 1 N–H and O–H groups in total. The second-order valence-corrected chi connectivity index (χ2v) is 11.3. The van der Waals surface area contributed by atoms with Crippen molar-refractivity contribution in [3.05, 3.63) is 64.7 Å². The lowest BCUT2D eigenvalue weighted by Gasteiger charge is -2.52. The smallest absolute Gasteiger partial charge is 0.255 e. The molecule has 192 valence electrons. The molecule has 3 heterocycles. The normalized spacial score (nSPS) is 22.3. The van der Waals surface area contributed by atoms with Crippen molar-refractivity contribution in [2.45, 2.75) is 36.2 Å². The first kappa shape index (κ1) is 26.2. The zero-order valence-electron chi connectivity index (χ0n) is 22.2. The van der Waals surface area contributed by atoms with Crippen LogP contribution < -0.4 is 10.1 Å². The van der Waals surface area contributed by atoms with Gasteiger partial charge in [-0.05, 0) is 28.5 Å². The van der Waals surface area contributed by atoms with E-state index in [2.05, 4.69) is 5.32 Å². The third-order valence-electron chi connectivity index (χ3n) is 8.49. The van der Waals surface area contributed by atoms with E-state index in [4.69, 9.17) is 9.47 Å². The molecule has 3 aliphatic rings. The van der Waals surface area contributed by atoms with Crippen LogP contribution in [0.5, 0.6) is 5.75 Å². The summed E-state index contributed by atoms with van der Waals surface area (Å²) in [6.45, 7) is 2.35. The quantitative estimate of drug-likeness (QED) is 0.337. The number of rotatable bonds is 6. The fourth-order valence-corrected chi connectivity index (χ4v) is 5.34. The van der Waals surface area contributed by atoms with E-state index in [9.17, 15) is 19.2 Å². The lowest BCUT2D eigenvalue weighted by Crippen LogP contribution is -2.66. The number of amides is 4. The van der Waals surface area contributed by atoms with Crippen LogP contribution in [0.2, 0.25) is 10.4 Å². The molecular weight excluding hydrogens is 482 g/mol. The number of benzene rings is 2. The van der Waals surface area contributed by atoms with Crippen LogP contribution in [0.15, 0.2) is 42.5 Å². The van der Waals surface area contributed by atoms with Gasteiger partial charge in [0.25, 0.3) is 5.91 Å². The minimum atomic E-state index is -0.846. The summed E-state index contributed by atoms with van der Waals surface area (Å²) in [6.07, 6.45) is 0. The Bertz CT molecular complexity index is 1320. The summed E-state index contributed by atoms with van der Waals surface area (Å²) in [5.74, 6) is -0.452. The number of fused-ring (bicyclic) bond motifs is 1. The van der Waals surface area contributed by atoms with Crippen LogP contribution in [0.25, 0.3) is 0 Å². The molecule has 1 atom stereocenters. The predicted molar refractivity (Wildman–Crippen MR) is 150 cm³/mol. The maximum Gasteiger partial charge on any atom is 0.255 e. The fourth-order valence-electron chi connectivity index (χ4n) is 5.34. The molecule has 13 heteroatoms. The Balaban J connectivity index is 1.29. The third-order valence-corrected chi connectivity index (χ3v) is 8.49. The minimum absolute atomic E-state index is 0.00515. The van der Waals surface area contributed by atoms with Crippen LogP contribution in [-0.4, -0.2) is 90.6 Å². The van der Waals surface area contributed by atoms with E-state index < -0.39 is 22.4 Å². The van der Waals surface area contributed by atoms with Crippen molar-refractivity contribution in [2.75, 3.05) is 19.8 Å². The van der Waals surface area contributed by atoms with Crippen LogP contribution in [0.3, 0.4) is 0 Å². The summed E-state index contributed by atoms with van der Waals surface area (Å²) in [5, 5.41) is 0.837. The fraction of sp³-hybridized carbons (Fsp3) is 0.360. The number of hydrogen-bond donors (Lipinski definition) is 1. The van der Waals surface area contributed by atoms with Crippen molar-refractivity contribution in [3.8, 4) is 5.75 Å². The first-order chi connectivity index (χ1) is 18.0. The minimum Gasteiger partial charge on any atom is -0.489 e. The number of nitrogens with zero attached hydrogens (tertiary/aromatic N) is 2. The number of piperidine rings is 1. The monoisotopic (exact) mass is 511 g/mol. The molecule has 0 saturated carbocycles. The van der Waals surface area contributed by atoms with E-state index in [-0.39, 0.29) is 30.9 Å². The summed E-state index contributed by atoms with van der Waals surface area (Å²) < 4.78 is 11.3. The molecule has 2 fully saturated rings. The second-order valence-electron chi connectivity index (χ2n) is 11.3. The highest BCUT2D eigenvalue weighted by atomic mass is 16.5. The van der Waals surface area contributed by atoms with E-state index in [0.29, 0.717) is 37.6 Å². The van der Waals surface area contributed by atoms with Gasteiger partial charge in [0.15, 0.2) is 0 Å². The zero-order valence-corrected chi connectivity index (χ0v) is 22.2. The Kier molecular flexibility index (Phi) is 6.67. The molecular formula is C25H29B4N3O6. The molecule has 2 saturated heterocycles. The Morgan fingerprint density at radius 2 is 1.71 bits per heavy atom. The van der Waals surface area contributed by atoms with Crippen molar-refractivity contribution in [3.63, 3.8) is 0 Å². The highest BCUT2D eigenvalue weighted by molar-refractivity contribution is 6.63. The van der Waals surface area contributed by atoms with E-state index in [1.807, 2.05) is 46.0 Å². The number of carbonyl (C=O) groups excluding carboxylic acids is 4. The van der Waals surface area contributed by atoms with E-state index >= 15 is 0 Å². The number of ether oxygens (including phenoxy) is 2. The molecule has 2 aromatic carbocycles. The highest BCUT2D eigenvalue weighted by Gasteiger charge is 2.57. The average molecular weight is 511 g/mol. The topological polar surface area (TPSA) is 105 Å². The third kappa shape index (κ3) is 4.42. The lowest BCUT2D eigenvalue weighted by atomic mass is 9.26. The van der Waals surface area contributed by atoms with E-state index in [0.717, 1.165) is 16.7 Å². The van der Waals surface area contributed by atoms with Gasteiger partial charge in [-0.1, -0.05) is 35.5 Å².